The largest absolute Gasteiger partial charge is 0.369 e. The fraction of sp³-hybridized carbons (Fsp3) is 0.400. The number of rotatable bonds is 5. The van der Waals surface area contributed by atoms with Gasteiger partial charge in [0.15, 0.2) is 0 Å². The molecule has 0 spiro atoms. The van der Waals surface area contributed by atoms with Crippen LogP contribution in [0, 0.1) is 5.92 Å². The Hall–Kier alpha value is -2.37. The zero-order valence-corrected chi connectivity index (χ0v) is 12.0. The summed E-state index contributed by atoms with van der Waals surface area (Å²) in [5, 5.41) is 2.79. The molecule has 0 aromatic heterocycles. The van der Waals surface area contributed by atoms with Gasteiger partial charge in [-0.1, -0.05) is 13.0 Å². The van der Waals surface area contributed by atoms with Gasteiger partial charge in [0.2, 0.25) is 17.7 Å². The molecule has 1 unspecified atom stereocenters. The number of benzene rings is 1. The maximum absolute atomic E-state index is 12.0. The Morgan fingerprint density at radius 2 is 2.19 bits per heavy atom. The van der Waals surface area contributed by atoms with Gasteiger partial charge in [0, 0.05) is 30.8 Å². The fourth-order valence-corrected chi connectivity index (χ4v) is 2.35. The number of hydrogen-bond donors (Lipinski definition) is 2. The highest BCUT2D eigenvalue weighted by atomic mass is 16.2. The van der Waals surface area contributed by atoms with Crippen LogP contribution in [-0.4, -0.2) is 24.3 Å². The van der Waals surface area contributed by atoms with Crippen molar-refractivity contribution in [2.45, 2.75) is 26.2 Å². The molecule has 0 radical (unpaired) electrons. The fourth-order valence-electron chi connectivity index (χ4n) is 2.35. The summed E-state index contributed by atoms with van der Waals surface area (Å²) in [5.41, 5.74) is 6.56. The first-order chi connectivity index (χ1) is 10.0. The molecular weight excluding hydrogens is 270 g/mol. The van der Waals surface area contributed by atoms with Crippen LogP contribution < -0.4 is 16.0 Å². The Kier molecular flexibility index (Phi) is 4.57. The van der Waals surface area contributed by atoms with E-state index in [1.807, 2.05) is 6.92 Å². The van der Waals surface area contributed by atoms with Crippen molar-refractivity contribution in [2.24, 2.45) is 11.7 Å². The average molecular weight is 289 g/mol. The maximum Gasteiger partial charge on any atom is 0.227 e. The summed E-state index contributed by atoms with van der Waals surface area (Å²) < 4.78 is 0. The lowest BCUT2D eigenvalue weighted by Crippen LogP contribution is -2.28. The molecule has 1 heterocycles. The van der Waals surface area contributed by atoms with Gasteiger partial charge in [-0.2, -0.15) is 0 Å². The topological polar surface area (TPSA) is 92.5 Å². The van der Waals surface area contributed by atoms with Gasteiger partial charge >= 0.3 is 0 Å². The molecule has 0 bridgehead atoms. The van der Waals surface area contributed by atoms with E-state index in [4.69, 9.17) is 5.73 Å². The Labute approximate surface area is 123 Å². The van der Waals surface area contributed by atoms with Crippen LogP contribution in [-0.2, 0) is 14.4 Å². The Balaban J connectivity index is 2.12. The van der Waals surface area contributed by atoms with E-state index >= 15 is 0 Å². The molecule has 1 aliphatic heterocycles. The van der Waals surface area contributed by atoms with E-state index in [0.29, 0.717) is 24.3 Å². The first-order valence-electron chi connectivity index (χ1n) is 7.01. The van der Waals surface area contributed by atoms with Crippen molar-refractivity contribution in [3.8, 4) is 0 Å². The van der Waals surface area contributed by atoms with Crippen molar-refractivity contribution in [2.75, 3.05) is 16.8 Å². The number of hydrogen-bond acceptors (Lipinski definition) is 3. The molecule has 1 saturated heterocycles. The third kappa shape index (κ3) is 3.59. The van der Waals surface area contributed by atoms with Crippen molar-refractivity contribution in [1.82, 2.24) is 0 Å². The highest BCUT2D eigenvalue weighted by molar-refractivity contribution is 6.00. The monoisotopic (exact) mass is 289 g/mol. The van der Waals surface area contributed by atoms with E-state index in [1.54, 1.807) is 24.3 Å². The molecule has 2 rings (SSSR count). The third-order valence-electron chi connectivity index (χ3n) is 3.45. The molecule has 6 nitrogen and oxygen atoms in total. The second-order valence-corrected chi connectivity index (χ2v) is 5.16. The zero-order chi connectivity index (χ0) is 15.4. The number of nitrogens with zero attached hydrogens (tertiary/aromatic N) is 1. The van der Waals surface area contributed by atoms with Crippen molar-refractivity contribution in [1.29, 1.82) is 0 Å². The van der Waals surface area contributed by atoms with Gasteiger partial charge in [0.25, 0.3) is 0 Å². The Morgan fingerprint density at radius 3 is 2.81 bits per heavy atom. The molecular formula is C15H19N3O3. The van der Waals surface area contributed by atoms with Crippen molar-refractivity contribution >= 4 is 29.1 Å². The lowest BCUT2D eigenvalue weighted by molar-refractivity contribution is -0.123. The SMILES string of the molecule is CCCC(=O)Nc1cccc(N2CC(C(N)=O)CC2=O)c1. The van der Waals surface area contributed by atoms with Crippen LogP contribution in [0.1, 0.15) is 26.2 Å². The smallest absolute Gasteiger partial charge is 0.227 e. The predicted molar refractivity (Wildman–Crippen MR) is 79.6 cm³/mol. The van der Waals surface area contributed by atoms with E-state index in [0.717, 1.165) is 6.42 Å². The molecule has 3 amide bonds. The summed E-state index contributed by atoms with van der Waals surface area (Å²) in [7, 11) is 0. The second kappa shape index (κ2) is 6.39. The average Bonchev–Trinajstić information content (AvgIpc) is 2.81. The van der Waals surface area contributed by atoms with Gasteiger partial charge in [-0.25, -0.2) is 0 Å². The van der Waals surface area contributed by atoms with Gasteiger partial charge < -0.3 is 16.0 Å². The van der Waals surface area contributed by atoms with Gasteiger partial charge in [0.05, 0.1) is 5.92 Å². The van der Waals surface area contributed by atoms with Crippen LogP contribution in [0.15, 0.2) is 24.3 Å². The third-order valence-corrected chi connectivity index (χ3v) is 3.45. The van der Waals surface area contributed by atoms with Crippen LogP contribution in [0.25, 0.3) is 0 Å². The predicted octanol–water partition coefficient (Wildman–Crippen LogP) is 1.26. The van der Waals surface area contributed by atoms with Crippen molar-refractivity contribution in [3.63, 3.8) is 0 Å². The standard InChI is InChI=1S/C15H19N3O3/c1-2-4-13(19)17-11-5-3-6-12(8-11)18-9-10(15(16)21)7-14(18)20/h3,5-6,8,10H,2,4,7,9H2,1H3,(H2,16,21)(H,17,19). The molecule has 0 aliphatic carbocycles. The van der Waals surface area contributed by atoms with E-state index in [9.17, 15) is 14.4 Å². The summed E-state index contributed by atoms with van der Waals surface area (Å²) in [6, 6.07) is 7.04. The van der Waals surface area contributed by atoms with E-state index < -0.39 is 11.8 Å². The van der Waals surface area contributed by atoms with Crippen LogP contribution in [0.5, 0.6) is 0 Å². The van der Waals surface area contributed by atoms with Gasteiger partial charge in [-0.05, 0) is 24.6 Å². The van der Waals surface area contributed by atoms with Crippen LogP contribution in [0.2, 0.25) is 0 Å². The van der Waals surface area contributed by atoms with E-state index in [2.05, 4.69) is 5.32 Å². The number of nitrogens with two attached hydrogens (primary N) is 1. The molecule has 0 saturated carbocycles. The first-order valence-corrected chi connectivity index (χ1v) is 7.01. The number of anilines is 2. The number of carbonyl (C=O) groups is 3. The Bertz CT molecular complexity index is 571. The summed E-state index contributed by atoms with van der Waals surface area (Å²) in [4.78, 5) is 36.3. The second-order valence-electron chi connectivity index (χ2n) is 5.16. The summed E-state index contributed by atoms with van der Waals surface area (Å²) >= 11 is 0. The quantitative estimate of drug-likeness (QED) is 0.854. The van der Waals surface area contributed by atoms with Gasteiger partial charge in [-0.15, -0.1) is 0 Å². The summed E-state index contributed by atoms with van der Waals surface area (Å²) in [6.45, 7) is 2.23. The number of amides is 3. The first kappa shape index (κ1) is 15.0. The summed E-state index contributed by atoms with van der Waals surface area (Å²) in [6.07, 6.45) is 1.37. The molecule has 1 fully saturated rings. The summed E-state index contributed by atoms with van der Waals surface area (Å²) in [5.74, 6) is -1.10. The van der Waals surface area contributed by atoms with Crippen molar-refractivity contribution < 1.29 is 14.4 Å². The molecule has 1 aromatic carbocycles. The molecule has 1 aliphatic rings. The number of carbonyl (C=O) groups excluding carboxylic acids is 3. The normalized spacial score (nSPS) is 17.9. The number of primary amides is 1. The minimum atomic E-state index is -0.460. The lowest BCUT2D eigenvalue weighted by Gasteiger charge is -2.17. The highest BCUT2D eigenvalue weighted by Gasteiger charge is 2.33. The van der Waals surface area contributed by atoms with Crippen molar-refractivity contribution in [3.05, 3.63) is 24.3 Å². The number of nitrogens with one attached hydrogen (secondary N) is 1. The maximum atomic E-state index is 12.0. The van der Waals surface area contributed by atoms with E-state index in [1.165, 1.54) is 4.90 Å². The molecule has 6 heteroatoms. The molecule has 21 heavy (non-hydrogen) atoms. The molecule has 112 valence electrons. The zero-order valence-electron chi connectivity index (χ0n) is 12.0. The van der Waals surface area contributed by atoms with Crippen LogP contribution in [0.3, 0.4) is 0 Å². The minimum absolute atomic E-state index is 0.0580. The van der Waals surface area contributed by atoms with Crippen LogP contribution in [0.4, 0.5) is 11.4 Å². The van der Waals surface area contributed by atoms with Gasteiger partial charge in [-0.3, -0.25) is 14.4 Å². The molecule has 3 N–H and O–H groups in total. The molecule has 1 aromatic rings. The highest BCUT2D eigenvalue weighted by Crippen LogP contribution is 2.27. The minimum Gasteiger partial charge on any atom is -0.369 e. The molecule has 1 atom stereocenters. The van der Waals surface area contributed by atoms with Crippen LogP contribution >= 0.6 is 0 Å². The van der Waals surface area contributed by atoms with Gasteiger partial charge in [0.1, 0.15) is 0 Å². The Morgan fingerprint density at radius 1 is 1.43 bits per heavy atom. The lowest BCUT2D eigenvalue weighted by atomic mass is 10.1. The van der Waals surface area contributed by atoms with E-state index in [-0.39, 0.29) is 18.2 Å².